The third-order valence-electron chi connectivity index (χ3n) is 3.68. The highest BCUT2D eigenvalue weighted by molar-refractivity contribution is 5.79. The summed E-state index contributed by atoms with van der Waals surface area (Å²) >= 11 is 0. The zero-order chi connectivity index (χ0) is 12.3. The van der Waals surface area contributed by atoms with Crippen LogP contribution in [-0.2, 0) is 17.8 Å². The molecule has 1 fully saturated rings. The van der Waals surface area contributed by atoms with Crippen molar-refractivity contribution in [3.63, 3.8) is 0 Å². The van der Waals surface area contributed by atoms with Crippen molar-refractivity contribution in [3.05, 3.63) is 35.4 Å². The van der Waals surface area contributed by atoms with Crippen molar-refractivity contribution in [2.24, 2.45) is 0 Å². The van der Waals surface area contributed by atoms with Gasteiger partial charge in [0.2, 0.25) is 0 Å². The quantitative estimate of drug-likeness (QED) is 0.820. The molecule has 0 amide bonds. The first kappa shape index (κ1) is 12.1. The molecule has 0 heterocycles. The monoisotopic (exact) mass is 233 g/mol. The van der Waals surface area contributed by atoms with Crippen LogP contribution in [0.5, 0.6) is 0 Å². The number of aryl methyl sites for hydroxylation is 1. The zero-order valence-corrected chi connectivity index (χ0v) is 10.2. The van der Waals surface area contributed by atoms with Crippen LogP contribution in [0.15, 0.2) is 24.3 Å². The molecule has 1 aliphatic rings. The van der Waals surface area contributed by atoms with Gasteiger partial charge in [-0.25, -0.2) is 0 Å². The van der Waals surface area contributed by atoms with Crippen LogP contribution in [0.25, 0.3) is 0 Å². The summed E-state index contributed by atoms with van der Waals surface area (Å²) in [5, 5.41) is 12.4. The fourth-order valence-electron chi connectivity index (χ4n) is 2.16. The number of aliphatic carboxylic acids is 1. The Kier molecular flexibility index (Phi) is 3.48. The number of hydrogen-bond donors (Lipinski definition) is 2. The highest BCUT2D eigenvalue weighted by Gasteiger charge is 2.43. The Balaban J connectivity index is 1.94. The van der Waals surface area contributed by atoms with Gasteiger partial charge in [0, 0.05) is 6.54 Å². The van der Waals surface area contributed by atoms with E-state index in [-0.39, 0.29) is 0 Å². The molecular formula is C14H19NO2. The van der Waals surface area contributed by atoms with E-state index < -0.39 is 11.5 Å². The Morgan fingerprint density at radius 2 is 1.88 bits per heavy atom. The topological polar surface area (TPSA) is 49.3 Å². The van der Waals surface area contributed by atoms with Crippen LogP contribution in [0.2, 0.25) is 0 Å². The summed E-state index contributed by atoms with van der Waals surface area (Å²) in [7, 11) is 0. The molecule has 1 aliphatic carbocycles. The maximum Gasteiger partial charge on any atom is 0.323 e. The Morgan fingerprint density at radius 1 is 1.29 bits per heavy atom. The molecule has 1 aromatic carbocycles. The van der Waals surface area contributed by atoms with Crippen LogP contribution < -0.4 is 5.32 Å². The number of nitrogens with one attached hydrogen (secondary N) is 1. The molecule has 0 saturated heterocycles. The van der Waals surface area contributed by atoms with Crippen LogP contribution in [-0.4, -0.2) is 16.6 Å². The summed E-state index contributed by atoms with van der Waals surface area (Å²) in [6.45, 7) is 2.76. The maximum atomic E-state index is 11.2. The van der Waals surface area contributed by atoms with Gasteiger partial charge in [0.25, 0.3) is 0 Å². The first-order chi connectivity index (χ1) is 8.16. The van der Waals surface area contributed by atoms with Crippen molar-refractivity contribution in [1.82, 2.24) is 5.32 Å². The highest BCUT2D eigenvalue weighted by Crippen LogP contribution is 2.32. The van der Waals surface area contributed by atoms with Crippen molar-refractivity contribution >= 4 is 5.97 Å². The molecule has 0 aromatic heterocycles. The number of carbonyl (C=O) groups is 1. The number of carboxylic acid groups (broad SMARTS) is 1. The van der Waals surface area contributed by atoms with E-state index in [1.807, 2.05) is 0 Å². The highest BCUT2D eigenvalue weighted by atomic mass is 16.4. The van der Waals surface area contributed by atoms with Gasteiger partial charge in [-0.15, -0.1) is 0 Å². The van der Waals surface area contributed by atoms with Gasteiger partial charge < -0.3 is 5.11 Å². The molecule has 1 aromatic rings. The van der Waals surface area contributed by atoms with E-state index in [1.165, 1.54) is 5.56 Å². The predicted octanol–water partition coefficient (Wildman–Crippen LogP) is 2.35. The second-order valence-electron chi connectivity index (χ2n) is 4.76. The Labute approximate surface area is 102 Å². The van der Waals surface area contributed by atoms with Gasteiger partial charge in [-0.05, 0) is 36.8 Å². The smallest absolute Gasteiger partial charge is 0.323 e. The zero-order valence-electron chi connectivity index (χ0n) is 10.2. The van der Waals surface area contributed by atoms with Gasteiger partial charge in [-0.3, -0.25) is 10.1 Å². The second kappa shape index (κ2) is 4.88. The van der Waals surface area contributed by atoms with E-state index in [1.54, 1.807) is 0 Å². The van der Waals surface area contributed by atoms with E-state index in [0.29, 0.717) is 6.54 Å². The Bertz CT molecular complexity index is 393. The van der Waals surface area contributed by atoms with Crippen LogP contribution in [0.3, 0.4) is 0 Å². The van der Waals surface area contributed by atoms with Crippen LogP contribution in [0, 0.1) is 0 Å². The number of benzene rings is 1. The van der Waals surface area contributed by atoms with Crippen molar-refractivity contribution in [1.29, 1.82) is 0 Å². The van der Waals surface area contributed by atoms with Gasteiger partial charge in [-0.1, -0.05) is 31.2 Å². The molecule has 2 N–H and O–H groups in total. The lowest BCUT2D eigenvalue weighted by Crippen LogP contribution is -2.56. The standard InChI is InChI=1S/C14H19NO2/c1-2-11-4-6-12(7-5-11)10-15-14(13(16)17)8-3-9-14/h4-7,15H,2-3,8-10H2,1H3,(H,16,17). The normalized spacial score (nSPS) is 17.5. The summed E-state index contributed by atoms with van der Waals surface area (Å²) in [5.74, 6) is -0.714. The van der Waals surface area contributed by atoms with Crippen molar-refractivity contribution < 1.29 is 9.90 Å². The van der Waals surface area contributed by atoms with E-state index >= 15 is 0 Å². The Morgan fingerprint density at radius 3 is 2.29 bits per heavy atom. The fraction of sp³-hybridized carbons (Fsp3) is 0.500. The fourth-order valence-corrected chi connectivity index (χ4v) is 2.16. The summed E-state index contributed by atoms with van der Waals surface area (Å²) in [6, 6.07) is 8.34. The first-order valence-corrected chi connectivity index (χ1v) is 6.22. The van der Waals surface area contributed by atoms with Gasteiger partial charge in [0.15, 0.2) is 0 Å². The van der Waals surface area contributed by atoms with Gasteiger partial charge in [0.1, 0.15) is 5.54 Å². The number of hydrogen-bond acceptors (Lipinski definition) is 2. The molecule has 2 rings (SSSR count). The van der Waals surface area contributed by atoms with Crippen LogP contribution in [0.4, 0.5) is 0 Å². The minimum atomic E-state index is -0.714. The first-order valence-electron chi connectivity index (χ1n) is 6.22. The van der Waals surface area contributed by atoms with Crippen molar-refractivity contribution in [3.8, 4) is 0 Å². The molecule has 0 unspecified atom stereocenters. The molecule has 1 saturated carbocycles. The summed E-state index contributed by atoms with van der Waals surface area (Å²) in [4.78, 5) is 11.2. The van der Waals surface area contributed by atoms with Crippen LogP contribution >= 0.6 is 0 Å². The molecule has 0 spiro atoms. The molecule has 0 aliphatic heterocycles. The maximum absolute atomic E-state index is 11.2. The molecule has 3 heteroatoms. The average molecular weight is 233 g/mol. The largest absolute Gasteiger partial charge is 0.480 e. The molecule has 0 radical (unpaired) electrons. The van der Waals surface area contributed by atoms with E-state index in [9.17, 15) is 9.90 Å². The lowest BCUT2D eigenvalue weighted by Gasteiger charge is -2.38. The van der Waals surface area contributed by atoms with Crippen molar-refractivity contribution in [2.45, 2.75) is 44.7 Å². The molecular weight excluding hydrogens is 214 g/mol. The van der Waals surface area contributed by atoms with Gasteiger partial charge in [-0.2, -0.15) is 0 Å². The van der Waals surface area contributed by atoms with Crippen molar-refractivity contribution in [2.75, 3.05) is 0 Å². The minimum absolute atomic E-state index is 0.635. The van der Waals surface area contributed by atoms with Gasteiger partial charge >= 0.3 is 5.97 Å². The third kappa shape index (κ3) is 2.50. The van der Waals surface area contributed by atoms with Crippen LogP contribution in [0.1, 0.15) is 37.3 Å². The van der Waals surface area contributed by atoms with E-state index in [0.717, 1.165) is 31.2 Å². The molecule has 3 nitrogen and oxygen atoms in total. The summed E-state index contributed by atoms with van der Waals surface area (Å²) < 4.78 is 0. The average Bonchev–Trinajstić information content (AvgIpc) is 2.28. The lowest BCUT2D eigenvalue weighted by molar-refractivity contribution is -0.148. The molecule has 0 bridgehead atoms. The second-order valence-corrected chi connectivity index (χ2v) is 4.76. The van der Waals surface area contributed by atoms with E-state index in [2.05, 4.69) is 36.5 Å². The number of carboxylic acids is 1. The predicted molar refractivity (Wildman–Crippen MR) is 66.9 cm³/mol. The third-order valence-corrected chi connectivity index (χ3v) is 3.68. The summed E-state index contributed by atoms with van der Waals surface area (Å²) in [6.07, 6.45) is 3.53. The number of rotatable bonds is 5. The SMILES string of the molecule is CCc1ccc(CNC2(C(=O)O)CCC2)cc1. The summed E-state index contributed by atoms with van der Waals surface area (Å²) in [5.41, 5.74) is 1.80. The minimum Gasteiger partial charge on any atom is -0.480 e. The van der Waals surface area contributed by atoms with Gasteiger partial charge in [0.05, 0.1) is 0 Å². The molecule has 0 atom stereocenters. The molecule has 92 valence electrons. The lowest BCUT2D eigenvalue weighted by atomic mass is 9.76. The Hall–Kier alpha value is -1.35. The molecule has 17 heavy (non-hydrogen) atoms. The van der Waals surface area contributed by atoms with E-state index in [4.69, 9.17) is 0 Å².